The van der Waals surface area contributed by atoms with E-state index in [9.17, 15) is 19.5 Å². The van der Waals surface area contributed by atoms with Crippen molar-refractivity contribution in [2.75, 3.05) is 20.3 Å². The van der Waals surface area contributed by atoms with Crippen LogP contribution in [-0.4, -0.2) is 60.4 Å². The molecule has 184 valence electrons. The summed E-state index contributed by atoms with van der Waals surface area (Å²) < 4.78 is 16.6. The quantitative estimate of drug-likeness (QED) is 0.517. The van der Waals surface area contributed by atoms with Gasteiger partial charge in [-0.2, -0.15) is 0 Å². The van der Waals surface area contributed by atoms with Crippen LogP contribution in [0.1, 0.15) is 33.8 Å². The molecule has 36 heavy (non-hydrogen) atoms. The van der Waals surface area contributed by atoms with Crippen molar-refractivity contribution in [1.82, 2.24) is 4.90 Å². The first-order valence-electron chi connectivity index (χ1n) is 11.7. The van der Waals surface area contributed by atoms with E-state index in [2.05, 4.69) is 12.1 Å². The molecule has 1 saturated heterocycles. The van der Waals surface area contributed by atoms with Crippen LogP contribution in [0.3, 0.4) is 0 Å². The Morgan fingerprint density at radius 1 is 0.944 bits per heavy atom. The van der Waals surface area contributed by atoms with Crippen LogP contribution in [0.5, 0.6) is 5.75 Å². The van der Waals surface area contributed by atoms with Crippen LogP contribution < -0.4 is 4.74 Å². The highest BCUT2D eigenvalue weighted by molar-refractivity contribution is 5.88. The number of benzene rings is 3. The van der Waals surface area contributed by atoms with E-state index in [1.54, 1.807) is 12.1 Å². The number of amides is 1. The highest BCUT2D eigenvalue weighted by atomic mass is 16.6. The van der Waals surface area contributed by atoms with Gasteiger partial charge in [-0.15, -0.1) is 0 Å². The molecule has 0 bridgehead atoms. The molecule has 3 aromatic carbocycles. The summed E-state index contributed by atoms with van der Waals surface area (Å²) >= 11 is 0. The Balaban J connectivity index is 1.30. The molecule has 0 radical (unpaired) electrons. The summed E-state index contributed by atoms with van der Waals surface area (Å²) in [5.41, 5.74) is 4.52. The molecule has 1 N–H and O–H groups in total. The molecule has 5 rings (SSSR count). The van der Waals surface area contributed by atoms with Crippen molar-refractivity contribution in [2.45, 2.75) is 24.5 Å². The fraction of sp³-hybridized carbons (Fsp3) is 0.250. The molecule has 3 aromatic rings. The molecular formula is C28H25NO7. The first-order valence-corrected chi connectivity index (χ1v) is 11.7. The topological polar surface area (TPSA) is 102 Å². The smallest absolute Gasteiger partial charge is 0.410 e. The standard InChI is InChI=1S/C28H25NO7/c1-34-27(32)25-14-19(36-18-8-6-7-17(13-18)26(30)31)15-29(25)28(33)35-16-24-22-11-4-2-9-20(22)21-10-3-5-12-23(21)24/h2-13,19,24-25H,14-16H2,1H3,(H,30,31). The lowest BCUT2D eigenvalue weighted by Gasteiger charge is -2.23. The average molecular weight is 488 g/mol. The Morgan fingerprint density at radius 2 is 1.61 bits per heavy atom. The number of hydrogen-bond donors (Lipinski definition) is 1. The molecule has 1 fully saturated rings. The van der Waals surface area contributed by atoms with E-state index < -0.39 is 30.2 Å². The van der Waals surface area contributed by atoms with Gasteiger partial charge in [0, 0.05) is 12.3 Å². The van der Waals surface area contributed by atoms with Gasteiger partial charge in [0.15, 0.2) is 0 Å². The monoisotopic (exact) mass is 487 g/mol. The largest absolute Gasteiger partial charge is 0.488 e. The number of carbonyl (C=O) groups is 3. The van der Waals surface area contributed by atoms with E-state index >= 15 is 0 Å². The molecule has 2 unspecified atom stereocenters. The third-order valence-electron chi connectivity index (χ3n) is 6.69. The van der Waals surface area contributed by atoms with Crippen LogP contribution in [-0.2, 0) is 14.3 Å². The Kier molecular flexibility index (Phi) is 6.33. The number of ether oxygens (including phenoxy) is 3. The lowest BCUT2D eigenvalue weighted by molar-refractivity contribution is -0.145. The number of likely N-dealkylation sites (tertiary alicyclic amines) is 1. The Morgan fingerprint density at radius 3 is 2.25 bits per heavy atom. The van der Waals surface area contributed by atoms with Crippen LogP contribution in [0.4, 0.5) is 4.79 Å². The zero-order valence-electron chi connectivity index (χ0n) is 19.6. The van der Waals surface area contributed by atoms with Gasteiger partial charge in [-0.05, 0) is 40.5 Å². The van der Waals surface area contributed by atoms with Gasteiger partial charge in [-0.3, -0.25) is 4.90 Å². The summed E-state index contributed by atoms with van der Waals surface area (Å²) in [5, 5.41) is 9.22. The number of aromatic carboxylic acids is 1. The SMILES string of the molecule is COC(=O)C1CC(Oc2cccc(C(=O)O)c2)CN1C(=O)OCC1c2ccccc2-c2ccccc21. The molecule has 1 aliphatic heterocycles. The summed E-state index contributed by atoms with van der Waals surface area (Å²) in [6.45, 7) is 0.233. The fourth-order valence-electron chi connectivity index (χ4n) is 5.02. The molecule has 2 aliphatic rings. The number of methoxy groups -OCH3 is 1. The molecule has 0 spiro atoms. The summed E-state index contributed by atoms with van der Waals surface area (Å²) in [5.74, 6) is -1.39. The maximum Gasteiger partial charge on any atom is 0.410 e. The van der Waals surface area contributed by atoms with E-state index in [4.69, 9.17) is 14.2 Å². The Labute approximate surface area is 208 Å². The molecule has 1 heterocycles. The molecule has 1 amide bonds. The maximum absolute atomic E-state index is 13.2. The van der Waals surface area contributed by atoms with Gasteiger partial charge in [-0.25, -0.2) is 14.4 Å². The number of nitrogens with zero attached hydrogens (tertiary/aromatic N) is 1. The Bertz CT molecular complexity index is 1280. The second kappa shape index (κ2) is 9.73. The predicted molar refractivity (Wildman–Crippen MR) is 130 cm³/mol. The van der Waals surface area contributed by atoms with Crippen molar-refractivity contribution in [3.8, 4) is 16.9 Å². The fourth-order valence-corrected chi connectivity index (χ4v) is 5.02. The van der Waals surface area contributed by atoms with Crippen molar-refractivity contribution in [3.63, 3.8) is 0 Å². The van der Waals surface area contributed by atoms with E-state index in [0.717, 1.165) is 22.3 Å². The normalized spacial score (nSPS) is 18.3. The maximum atomic E-state index is 13.2. The second-order valence-electron chi connectivity index (χ2n) is 8.80. The van der Waals surface area contributed by atoms with Gasteiger partial charge in [0.2, 0.25) is 0 Å². The van der Waals surface area contributed by atoms with Crippen LogP contribution in [0.25, 0.3) is 11.1 Å². The molecule has 2 atom stereocenters. The number of carboxylic acid groups (broad SMARTS) is 1. The predicted octanol–water partition coefficient (Wildman–Crippen LogP) is 4.33. The van der Waals surface area contributed by atoms with E-state index in [0.29, 0.717) is 5.75 Å². The first-order chi connectivity index (χ1) is 17.5. The first kappa shape index (κ1) is 23.4. The summed E-state index contributed by atoms with van der Waals surface area (Å²) in [6.07, 6.45) is -0.954. The van der Waals surface area contributed by atoms with E-state index in [1.165, 1.54) is 24.1 Å². The number of carboxylic acids is 1. The number of rotatable bonds is 6. The second-order valence-corrected chi connectivity index (χ2v) is 8.80. The minimum Gasteiger partial charge on any atom is -0.488 e. The molecular weight excluding hydrogens is 462 g/mol. The summed E-state index contributed by atoms with van der Waals surface area (Å²) in [6, 6.07) is 21.3. The lowest BCUT2D eigenvalue weighted by Crippen LogP contribution is -2.42. The zero-order chi connectivity index (χ0) is 25.2. The van der Waals surface area contributed by atoms with E-state index in [-0.39, 0.29) is 31.1 Å². The van der Waals surface area contributed by atoms with Crippen LogP contribution in [0, 0.1) is 0 Å². The number of fused-ring (bicyclic) bond motifs is 3. The van der Waals surface area contributed by atoms with Gasteiger partial charge in [0.1, 0.15) is 24.5 Å². The molecule has 8 heteroatoms. The zero-order valence-corrected chi connectivity index (χ0v) is 19.6. The third kappa shape index (κ3) is 4.37. The minimum absolute atomic E-state index is 0.0865. The molecule has 1 aliphatic carbocycles. The summed E-state index contributed by atoms with van der Waals surface area (Å²) in [4.78, 5) is 38.2. The van der Waals surface area contributed by atoms with Gasteiger partial charge in [0.25, 0.3) is 0 Å². The van der Waals surface area contributed by atoms with Gasteiger partial charge in [-0.1, -0.05) is 54.6 Å². The molecule has 0 aromatic heterocycles. The third-order valence-corrected chi connectivity index (χ3v) is 6.69. The van der Waals surface area contributed by atoms with E-state index in [1.807, 2.05) is 36.4 Å². The van der Waals surface area contributed by atoms with Gasteiger partial charge >= 0.3 is 18.0 Å². The van der Waals surface area contributed by atoms with Crippen molar-refractivity contribution < 1.29 is 33.7 Å². The van der Waals surface area contributed by atoms with Crippen molar-refractivity contribution in [1.29, 1.82) is 0 Å². The van der Waals surface area contributed by atoms with Crippen LogP contribution in [0.2, 0.25) is 0 Å². The van der Waals surface area contributed by atoms with Crippen molar-refractivity contribution in [2.24, 2.45) is 0 Å². The number of esters is 1. The van der Waals surface area contributed by atoms with Crippen LogP contribution in [0.15, 0.2) is 72.8 Å². The van der Waals surface area contributed by atoms with Gasteiger partial charge in [0.05, 0.1) is 19.2 Å². The number of carbonyl (C=O) groups excluding carboxylic acids is 2. The average Bonchev–Trinajstić information content (AvgIpc) is 3.46. The van der Waals surface area contributed by atoms with Crippen molar-refractivity contribution in [3.05, 3.63) is 89.5 Å². The van der Waals surface area contributed by atoms with Crippen LogP contribution >= 0.6 is 0 Å². The Hall–Kier alpha value is -4.33. The minimum atomic E-state index is -1.07. The van der Waals surface area contributed by atoms with Gasteiger partial charge < -0.3 is 19.3 Å². The number of hydrogen-bond acceptors (Lipinski definition) is 6. The highest BCUT2D eigenvalue weighted by Crippen LogP contribution is 2.44. The highest BCUT2D eigenvalue weighted by Gasteiger charge is 2.43. The lowest BCUT2D eigenvalue weighted by atomic mass is 9.98. The molecule has 0 saturated carbocycles. The molecule has 8 nitrogen and oxygen atoms in total. The van der Waals surface area contributed by atoms with Crippen molar-refractivity contribution >= 4 is 18.0 Å². The summed E-state index contributed by atoms with van der Waals surface area (Å²) in [7, 11) is 1.27.